The number of nitrogens with zero attached hydrogens (tertiary/aromatic N) is 1. The molecule has 1 aromatic rings. The molecule has 9 heavy (non-hydrogen) atoms. The smallest absolute Gasteiger partial charge is 0.256 e. The third kappa shape index (κ3) is 1.73. The van der Waals surface area contributed by atoms with Gasteiger partial charge in [-0.25, -0.2) is 0 Å². The van der Waals surface area contributed by atoms with E-state index in [1.165, 1.54) is 6.26 Å². The second-order valence-electron chi connectivity index (χ2n) is 1.39. The Balaban J connectivity index is 2.30. The lowest BCUT2D eigenvalue weighted by Crippen LogP contribution is -1.98. The van der Waals surface area contributed by atoms with Gasteiger partial charge in [-0.1, -0.05) is 0 Å². The van der Waals surface area contributed by atoms with Crippen molar-refractivity contribution >= 4 is 0 Å². The fourth-order valence-electron chi connectivity index (χ4n) is 0.395. The van der Waals surface area contributed by atoms with Crippen LogP contribution in [0.3, 0.4) is 0 Å². The van der Waals surface area contributed by atoms with Gasteiger partial charge in [-0.05, 0) is 5.16 Å². The molecule has 1 aromatic heterocycles. The molecule has 0 saturated carbocycles. The molecule has 0 bridgehead atoms. The van der Waals surface area contributed by atoms with E-state index >= 15 is 0 Å². The van der Waals surface area contributed by atoms with Crippen molar-refractivity contribution in [2.75, 3.05) is 13.9 Å². The molecule has 0 atom stereocenters. The minimum Gasteiger partial charge on any atom is -0.448 e. The van der Waals surface area contributed by atoms with E-state index in [1.807, 2.05) is 0 Å². The second kappa shape index (κ2) is 3.09. The van der Waals surface area contributed by atoms with Gasteiger partial charge < -0.3 is 14.0 Å². The van der Waals surface area contributed by atoms with Crippen LogP contribution in [-0.4, -0.2) is 19.1 Å². The molecule has 4 heteroatoms. The van der Waals surface area contributed by atoms with Gasteiger partial charge in [0.1, 0.15) is 6.26 Å². The summed E-state index contributed by atoms with van der Waals surface area (Å²) in [5.74, 6) is 0.442. The van der Waals surface area contributed by atoms with Crippen LogP contribution in [0.25, 0.3) is 0 Å². The van der Waals surface area contributed by atoms with Gasteiger partial charge in [0.25, 0.3) is 5.88 Å². The first kappa shape index (κ1) is 6.10. The maximum absolute atomic E-state index is 4.87. The van der Waals surface area contributed by atoms with Crippen LogP contribution in [0.2, 0.25) is 0 Å². The molecule has 0 amide bonds. The van der Waals surface area contributed by atoms with Crippen molar-refractivity contribution in [2.24, 2.45) is 0 Å². The van der Waals surface area contributed by atoms with Crippen LogP contribution in [0.1, 0.15) is 0 Å². The van der Waals surface area contributed by atoms with Crippen LogP contribution >= 0.6 is 0 Å². The highest BCUT2D eigenvalue weighted by Crippen LogP contribution is 2.02. The summed E-state index contributed by atoms with van der Waals surface area (Å²) in [6.07, 6.45) is 1.44. The van der Waals surface area contributed by atoms with Gasteiger partial charge in [-0.2, -0.15) is 0 Å². The fourth-order valence-corrected chi connectivity index (χ4v) is 0.395. The van der Waals surface area contributed by atoms with Crippen molar-refractivity contribution in [3.8, 4) is 5.88 Å². The Kier molecular flexibility index (Phi) is 2.09. The van der Waals surface area contributed by atoms with E-state index in [2.05, 4.69) is 14.4 Å². The molecule has 0 aliphatic heterocycles. The first-order chi connectivity index (χ1) is 4.43. The van der Waals surface area contributed by atoms with Crippen LogP contribution in [0.5, 0.6) is 5.88 Å². The average Bonchev–Trinajstić information content (AvgIpc) is 2.34. The molecule has 0 saturated heterocycles. The molecular formula is C5H7NO3. The standard InChI is InChI=1S/C5H7NO3/c1-7-4-8-5-2-3-9-6-5/h2-3H,4H2,1H3. The molecule has 4 nitrogen and oxygen atoms in total. The van der Waals surface area contributed by atoms with Gasteiger partial charge >= 0.3 is 0 Å². The summed E-state index contributed by atoms with van der Waals surface area (Å²) in [5, 5.41) is 3.48. The van der Waals surface area contributed by atoms with Crippen LogP contribution < -0.4 is 4.74 Å². The zero-order valence-electron chi connectivity index (χ0n) is 5.03. The highest BCUT2D eigenvalue weighted by atomic mass is 16.7. The van der Waals surface area contributed by atoms with E-state index in [1.54, 1.807) is 13.2 Å². The molecule has 50 valence electrons. The van der Waals surface area contributed by atoms with Crippen LogP contribution in [0, 0.1) is 0 Å². The second-order valence-corrected chi connectivity index (χ2v) is 1.39. The summed E-state index contributed by atoms with van der Waals surface area (Å²) in [6, 6.07) is 1.61. The van der Waals surface area contributed by atoms with Crippen molar-refractivity contribution in [1.29, 1.82) is 0 Å². The summed E-state index contributed by atoms with van der Waals surface area (Å²) < 4.78 is 14.0. The van der Waals surface area contributed by atoms with Gasteiger partial charge in [-0.3, -0.25) is 0 Å². The largest absolute Gasteiger partial charge is 0.448 e. The van der Waals surface area contributed by atoms with E-state index in [0.717, 1.165) is 0 Å². The first-order valence-electron chi connectivity index (χ1n) is 2.45. The maximum Gasteiger partial charge on any atom is 0.256 e. The molecule has 0 fully saturated rings. The van der Waals surface area contributed by atoms with Crippen molar-refractivity contribution in [3.05, 3.63) is 12.3 Å². The fraction of sp³-hybridized carbons (Fsp3) is 0.400. The minimum absolute atomic E-state index is 0.201. The summed E-state index contributed by atoms with van der Waals surface area (Å²) in [7, 11) is 1.54. The molecule has 1 heterocycles. The van der Waals surface area contributed by atoms with Gasteiger partial charge in [0.05, 0.1) is 0 Å². The molecule has 0 spiro atoms. The predicted molar refractivity (Wildman–Crippen MR) is 29.0 cm³/mol. The Bertz CT molecular complexity index is 149. The average molecular weight is 129 g/mol. The van der Waals surface area contributed by atoms with Crippen LogP contribution in [0.4, 0.5) is 0 Å². The van der Waals surface area contributed by atoms with E-state index < -0.39 is 0 Å². The molecular weight excluding hydrogens is 122 g/mol. The Morgan fingerprint density at radius 3 is 3.22 bits per heavy atom. The minimum atomic E-state index is 0.201. The van der Waals surface area contributed by atoms with Gasteiger partial charge in [0.15, 0.2) is 6.79 Å². The molecule has 0 radical (unpaired) electrons. The van der Waals surface area contributed by atoms with Crippen molar-refractivity contribution < 1.29 is 14.0 Å². The third-order valence-corrected chi connectivity index (χ3v) is 0.739. The Morgan fingerprint density at radius 2 is 2.67 bits per heavy atom. The lowest BCUT2D eigenvalue weighted by Gasteiger charge is -1.96. The van der Waals surface area contributed by atoms with Crippen LogP contribution in [0.15, 0.2) is 16.9 Å². The SMILES string of the molecule is COCOc1ccon1. The van der Waals surface area contributed by atoms with Crippen molar-refractivity contribution in [3.63, 3.8) is 0 Å². The molecule has 1 rings (SSSR count). The van der Waals surface area contributed by atoms with Gasteiger partial charge in [-0.15, -0.1) is 0 Å². The lowest BCUT2D eigenvalue weighted by molar-refractivity contribution is 0.0453. The maximum atomic E-state index is 4.87. The summed E-state index contributed by atoms with van der Waals surface area (Å²) >= 11 is 0. The molecule has 0 aliphatic rings. The first-order valence-corrected chi connectivity index (χ1v) is 2.45. The van der Waals surface area contributed by atoms with Crippen molar-refractivity contribution in [1.82, 2.24) is 5.16 Å². The third-order valence-electron chi connectivity index (χ3n) is 0.739. The predicted octanol–water partition coefficient (Wildman–Crippen LogP) is 0.657. The summed E-state index contributed by atoms with van der Waals surface area (Å²) in [4.78, 5) is 0. The topological polar surface area (TPSA) is 44.5 Å². The van der Waals surface area contributed by atoms with E-state index in [0.29, 0.717) is 5.88 Å². The molecule has 0 N–H and O–H groups in total. The molecule has 0 aliphatic carbocycles. The molecule has 0 unspecified atom stereocenters. The zero-order chi connectivity index (χ0) is 6.53. The number of hydrogen-bond donors (Lipinski definition) is 0. The highest BCUT2D eigenvalue weighted by molar-refractivity contribution is 5.01. The molecule has 0 aromatic carbocycles. The monoisotopic (exact) mass is 129 g/mol. The summed E-state index contributed by atoms with van der Waals surface area (Å²) in [6.45, 7) is 0.201. The zero-order valence-corrected chi connectivity index (χ0v) is 5.03. The Hall–Kier alpha value is -1.03. The quantitative estimate of drug-likeness (QED) is 0.562. The van der Waals surface area contributed by atoms with Gasteiger partial charge in [0, 0.05) is 13.2 Å². The number of rotatable bonds is 3. The Morgan fingerprint density at radius 1 is 1.78 bits per heavy atom. The Labute approximate surface area is 52.4 Å². The summed E-state index contributed by atoms with van der Waals surface area (Å²) in [5.41, 5.74) is 0. The van der Waals surface area contributed by atoms with E-state index in [4.69, 9.17) is 4.74 Å². The normalized spacial score (nSPS) is 9.44. The van der Waals surface area contributed by atoms with E-state index in [9.17, 15) is 0 Å². The van der Waals surface area contributed by atoms with E-state index in [-0.39, 0.29) is 6.79 Å². The number of ether oxygens (including phenoxy) is 2. The highest BCUT2D eigenvalue weighted by Gasteiger charge is 1.92. The van der Waals surface area contributed by atoms with Gasteiger partial charge in [0.2, 0.25) is 0 Å². The van der Waals surface area contributed by atoms with Crippen LogP contribution in [-0.2, 0) is 4.74 Å². The number of methoxy groups -OCH3 is 1. The number of aromatic nitrogens is 1. The van der Waals surface area contributed by atoms with Crippen molar-refractivity contribution in [2.45, 2.75) is 0 Å². The number of hydrogen-bond acceptors (Lipinski definition) is 4. The lowest BCUT2D eigenvalue weighted by atomic mass is 10.7.